The largest absolute Gasteiger partial charge is 0.395 e. The first-order valence-electron chi connectivity index (χ1n) is 6.17. The second-order valence-electron chi connectivity index (χ2n) is 3.98. The van der Waals surface area contributed by atoms with Crippen molar-refractivity contribution in [2.75, 3.05) is 26.7 Å². The van der Waals surface area contributed by atoms with Gasteiger partial charge in [0.15, 0.2) is 0 Å². The van der Waals surface area contributed by atoms with Crippen LogP contribution in [-0.4, -0.2) is 42.7 Å². The number of carbonyl (C=O) groups excluding carboxylic acids is 1. The molecule has 100 valence electrons. The van der Waals surface area contributed by atoms with Crippen LogP contribution in [0.3, 0.4) is 0 Å². The monoisotopic (exact) mass is 243 g/mol. The van der Waals surface area contributed by atoms with Crippen LogP contribution < -0.4 is 11.1 Å². The maximum Gasteiger partial charge on any atom is 0.271 e. The van der Waals surface area contributed by atoms with Crippen LogP contribution in [0.5, 0.6) is 0 Å². The van der Waals surface area contributed by atoms with Crippen LogP contribution in [0.15, 0.2) is 11.4 Å². The van der Waals surface area contributed by atoms with E-state index in [1.54, 1.807) is 11.9 Å². The Labute approximate surface area is 104 Å². The van der Waals surface area contributed by atoms with Crippen molar-refractivity contribution in [3.8, 4) is 0 Å². The maximum absolute atomic E-state index is 12.0. The fourth-order valence-corrected chi connectivity index (χ4v) is 1.45. The van der Waals surface area contributed by atoms with E-state index in [-0.39, 0.29) is 18.2 Å². The first kappa shape index (κ1) is 15.8. The van der Waals surface area contributed by atoms with Gasteiger partial charge in [0.25, 0.3) is 5.91 Å². The van der Waals surface area contributed by atoms with Gasteiger partial charge >= 0.3 is 0 Å². The highest BCUT2D eigenvalue weighted by Crippen LogP contribution is 2.04. The lowest BCUT2D eigenvalue weighted by molar-refractivity contribution is -0.126. The number of likely N-dealkylation sites (N-methyl/N-ethyl adjacent to an activating group) is 1. The molecule has 0 aliphatic heterocycles. The first-order valence-corrected chi connectivity index (χ1v) is 6.17. The van der Waals surface area contributed by atoms with Gasteiger partial charge in [0.05, 0.1) is 6.61 Å². The predicted octanol–water partition coefficient (Wildman–Crippen LogP) is 0.407. The molecule has 0 unspecified atom stereocenters. The average molecular weight is 243 g/mol. The van der Waals surface area contributed by atoms with E-state index in [0.29, 0.717) is 25.2 Å². The summed E-state index contributed by atoms with van der Waals surface area (Å²) in [5.74, 6) is -0.152. The molecule has 5 nitrogen and oxygen atoms in total. The van der Waals surface area contributed by atoms with E-state index in [0.717, 1.165) is 12.8 Å². The van der Waals surface area contributed by atoms with Gasteiger partial charge in [-0.25, -0.2) is 0 Å². The van der Waals surface area contributed by atoms with Gasteiger partial charge in [0.2, 0.25) is 0 Å². The number of allylic oxidation sites excluding steroid dienone is 1. The molecule has 0 aliphatic rings. The Hall–Kier alpha value is -1.23. The molecule has 0 heterocycles. The lowest BCUT2D eigenvalue weighted by Gasteiger charge is -2.19. The maximum atomic E-state index is 12.0. The quantitative estimate of drug-likeness (QED) is 0.539. The lowest BCUT2D eigenvalue weighted by Crippen LogP contribution is -2.35. The van der Waals surface area contributed by atoms with E-state index < -0.39 is 0 Å². The van der Waals surface area contributed by atoms with E-state index in [1.807, 2.05) is 6.92 Å². The summed E-state index contributed by atoms with van der Waals surface area (Å²) in [7, 11) is 1.75. The molecule has 17 heavy (non-hydrogen) atoms. The number of nitrogens with zero attached hydrogens (tertiary/aromatic N) is 1. The predicted molar refractivity (Wildman–Crippen MR) is 69.1 cm³/mol. The van der Waals surface area contributed by atoms with E-state index >= 15 is 0 Å². The lowest BCUT2D eigenvalue weighted by atomic mass is 10.2. The number of nitrogens with two attached hydrogens (primary N) is 1. The molecule has 0 fully saturated rings. The number of rotatable bonds is 8. The third kappa shape index (κ3) is 5.58. The number of carbonyl (C=O) groups is 1. The van der Waals surface area contributed by atoms with E-state index in [1.165, 1.54) is 0 Å². The summed E-state index contributed by atoms with van der Waals surface area (Å²) in [5.41, 5.74) is 6.78. The van der Waals surface area contributed by atoms with Gasteiger partial charge in [0.1, 0.15) is 5.70 Å². The van der Waals surface area contributed by atoms with E-state index in [4.69, 9.17) is 10.8 Å². The minimum absolute atomic E-state index is 0.0244. The van der Waals surface area contributed by atoms with Crippen LogP contribution in [0.4, 0.5) is 0 Å². The molecule has 5 heteroatoms. The summed E-state index contributed by atoms with van der Waals surface area (Å²) in [6.45, 7) is 5.16. The molecule has 0 saturated carbocycles. The summed E-state index contributed by atoms with van der Waals surface area (Å²) in [4.78, 5) is 13.6. The standard InChI is InChI=1S/C12H25N3O2/c1-4-6-8-15(3)12(17)11(13)10(5-2)14-7-9-16/h14,16H,4-9,13H2,1-3H3/b11-10-. The number of aliphatic hydroxyl groups is 1. The molecule has 4 N–H and O–H groups in total. The number of nitrogens with one attached hydrogen (secondary N) is 1. The van der Waals surface area contributed by atoms with Crippen molar-refractivity contribution in [1.82, 2.24) is 10.2 Å². The summed E-state index contributed by atoms with van der Waals surface area (Å²) in [6, 6.07) is 0. The normalized spacial score (nSPS) is 12.0. The molecule has 0 rings (SSSR count). The van der Waals surface area contributed by atoms with Gasteiger partial charge in [-0.2, -0.15) is 0 Å². The van der Waals surface area contributed by atoms with Crippen molar-refractivity contribution in [2.24, 2.45) is 5.73 Å². The van der Waals surface area contributed by atoms with Gasteiger partial charge in [-0.1, -0.05) is 20.3 Å². The van der Waals surface area contributed by atoms with Crippen molar-refractivity contribution < 1.29 is 9.90 Å². The van der Waals surface area contributed by atoms with Gasteiger partial charge in [0, 0.05) is 25.8 Å². The Kier molecular flexibility index (Phi) is 8.23. The molecule has 1 amide bonds. The van der Waals surface area contributed by atoms with Crippen molar-refractivity contribution in [3.05, 3.63) is 11.4 Å². The Bertz CT molecular complexity index is 264. The smallest absolute Gasteiger partial charge is 0.271 e. The molecule has 0 radical (unpaired) electrons. The minimum atomic E-state index is -0.152. The molecular formula is C12H25N3O2. The zero-order valence-electron chi connectivity index (χ0n) is 11.1. The molecule has 0 saturated heterocycles. The number of amides is 1. The van der Waals surface area contributed by atoms with Gasteiger partial charge in [-0.3, -0.25) is 4.79 Å². The van der Waals surface area contributed by atoms with E-state index in [9.17, 15) is 4.79 Å². The van der Waals surface area contributed by atoms with Crippen LogP contribution >= 0.6 is 0 Å². The molecule has 0 aliphatic carbocycles. The van der Waals surface area contributed by atoms with Crippen molar-refractivity contribution in [3.63, 3.8) is 0 Å². The summed E-state index contributed by atoms with van der Waals surface area (Å²) in [5, 5.41) is 11.7. The van der Waals surface area contributed by atoms with Gasteiger partial charge in [-0.15, -0.1) is 0 Å². The van der Waals surface area contributed by atoms with Gasteiger partial charge < -0.3 is 21.1 Å². The van der Waals surface area contributed by atoms with Crippen molar-refractivity contribution >= 4 is 5.91 Å². The molecule has 0 aromatic carbocycles. The van der Waals surface area contributed by atoms with Crippen LogP contribution in [0, 0.1) is 0 Å². The summed E-state index contributed by atoms with van der Waals surface area (Å²) in [6.07, 6.45) is 2.67. The number of aliphatic hydroxyl groups excluding tert-OH is 1. The highest BCUT2D eigenvalue weighted by atomic mass is 16.3. The Morgan fingerprint density at radius 3 is 2.53 bits per heavy atom. The SMILES string of the molecule is CCCCN(C)C(=O)/C(N)=C(\CC)NCCO. The average Bonchev–Trinajstić information content (AvgIpc) is 2.35. The third-order valence-electron chi connectivity index (χ3n) is 2.55. The van der Waals surface area contributed by atoms with E-state index in [2.05, 4.69) is 12.2 Å². The topological polar surface area (TPSA) is 78.6 Å². The Morgan fingerprint density at radius 2 is 2.06 bits per heavy atom. The van der Waals surface area contributed by atoms with Crippen LogP contribution in [0.25, 0.3) is 0 Å². The van der Waals surface area contributed by atoms with Crippen LogP contribution in [-0.2, 0) is 4.79 Å². The van der Waals surface area contributed by atoms with Crippen molar-refractivity contribution in [1.29, 1.82) is 0 Å². The molecule has 0 aromatic heterocycles. The molecular weight excluding hydrogens is 218 g/mol. The highest BCUT2D eigenvalue weighted by molar-refractivity contribution is 5.92. The van der Waals surface area contributed by atoms with Crippen molar-refractivity contribution in [2.45, 2.75) is 33.1 Å². The molecule has 0 spiro atoms. The Morgan fingerprint density at radius 1 is 1.41 bits per heavy atom. The van der Waals surface area contributed by atoms with Crippen LogP contribution in [0.1, 0.15) is 33.1 Å². The highest BCUT2D eigenvalue weighted by Gasteiger charge is 2.14. The Balaban J connectivity index is 4.55. The second-order valence-corrected chi connectivity index (χ2v) is 3.98. The number of hydrogen-bond acceptors (Lipinski definition) is 4. The summed E-state index contributed by atoms with van der Waals surface area (Å²) < 4.78 is 0. The van der Waals surface area contributed by atoms with Gasteiger partial charge in [-0.05, 0) is 12.8 Å². The zero-order chi connectivity index (χ0) is 13.3. The summed E-state index contributed by atoms with van der Waals surface area (Å²) >= 11 is 0. The number of unbranched alkanes of at least 4 members (excludes halogenated alkanes) is 1. The third-order valence-corrected chi connectivity index (χ3v) is 2.55. The first-order chi connectivity index (χ1) is 8.08. The fourth-order valence-electron chi connectivity index (χ4n) is 1.45. The molecule has 0 bridgehead atoms. The molecule has 0 atom stereocenters. The fraction of sp³-hybridized carbons (Fsp3) is 0.750. The minimum Gasteiger partial charge on any atom is -0.395 e. The number of hydrogen-bond donors (Lipinski definition) is 3. The van der Waals surface area contributed by atoms with Crippen LogP contribution in [0.2, 0.25) is 0 Å². The zero-order valence-corrected chi connectivity index (χ0v) is 11.1. The molecule has 0 aromatic rings. The second kappa shape index (κ2) is 8.87.